The zero-order valence-electron chi connectivity index (χ0n) is 11.3. The van der Waals surface area contributed by atoms with Crippen LogP contribution in [0.1, 0.15) is 46.5 Å². The summed E-state index contributed by atoms with van der Waals surface area (Å²) in [5, 5.41) is 0. The average Bonchev–Trinajstić information content (AvgIpc) is 2.47. The van der Waals surface area contributed by atoms with E-state index in [0.717, 1.165) is 12.0 Å². The molecule has 1 saturated carbocycles. The molecule has 4 rings (SSSR count). The van der Waals surface area contributed by atoms with Crippen LogP contribution in [-0.2, 0) is 14.3 Å². The van der Waals surface area contributed by atoms with Gasteiger partial charge in [0, 0.05) is 23.0 Å². The highest BCUT2D eigenvalue weighted by Crippen LogP contribution is 2.67. The van der Waals surface area contributed by atoms with Gasteiger partial charge in [0.15, 0.2) is 0 Å². The molecule has 1 aliphatic carbocycles. The second-order valence-electron chi connectivity index (χ2n) is 6.78. The van der Waals surface area contributed by atoms with E-state index in [-0.39, 0.29) is 17.5 Å². The molecule has 5 unspecified atom stereocenters. The fraction of sp³-hybridized carbons (Fsp3) is 0.800. The van der Waals surface area contributed by atoms with E-state index < -0.39 is 5.79 Å². The summed E-state index contributed by atoms with van der Waals surface area (Å²) in [6.07, 6.45) is 4.84. The summed E-state index contributed by atoms with van der Waals surface area (Å²) >= 11 is 0. The average molecular weight is 248 g/mol. The lowest BCUT2D eigenvalue weighted by molar-refractivity contribution is -0.345. The lowest BCUT2D eigenvalue weighted by Crippen LogP contribution is -2.69. The van der Waals surface area contributed by atoms with Crippen molar-refractivity contribution in [2.45, 2.75) is 58.3 Å². The van der Waals surface area contributed by atoms with Gasteiger partial charge in [0.25, 0.3) is 0 Å². The Kier molecular flexibility index (Phi) is 1.84. The summed E-state index contributed by atoms with van der Waals surface area (Å²) in [4.78, 5) is 11.8. The molecule has 3 aliphatic heterocycles. The van der Waals surface area contributed by atoms with Crippen molar-refractivity contribution in [3.63, 3.8) is 0 Å². The Hall–Kier alpha value is -0.830. The predicted molar refractivity (Wildman–Crippen MR) is 65.6 cm³/mol. The number of esters is 1. The van der Waals surface area contributed by atoms with Crippen molar-refractivity contribution < 1.29 is 14.3 Å². The van der Waals surface area contributed by atoms with Crippen molar-refractivity contribution in [3.05, 3.63) is 11.1 Å². The minimum Gasteiger partial charge on any atom is -0.425 e. The van der Waals surface area contributed by atoms with Crippen molar-refractivity contribution in [3.8, 4) is 0 Å². The molecule has 0 amide bonds. The highest BCUT2D eigenvalue weighted by atomic mass is 16.7. The van der Waals surface area contributed by atoms with Gasteiger partial charge < -0.3 is 9.47 Å². The van der Waals surface area contributed by atoms with Gasteiger partial charge >= 0.3 is 5.97 Å². The predicted octanol–water partition coefficient (Wildman–Crippen LogP) is 2.80. The number of ether oxygens (including phenoxy) is 2. The molecule has 3 nitrogen and oxygen atoms in total. The van der Waals surface area contributed by atoms with Gasteiger partial charge in [-0.3, -0.25) is 0 Å². The van der Waals surface area contributed by atoms with Crippen LogP contribution in [0.4, 0.5) is 0 Å². The Morgan fingerprint density at radius 3 is 2.89 bits per heavy atom. The van der Waals surface area contributed by atoms with Crippen LogP contribution in [0.3, 0.4) is 0 Å². The third kappa shape index (κ3) is 0.965. The van der Waals surface area contributed by atoms with Gasteiger partial charge in [0.1, 0.15) is 0 Å². The zero-order valence-corrected chi connectivity index (χ0v) is 11.3. The van der Waals surface area contributed by atoms with E-state index in [9.17, 15) is 4.79 Å². The SMILES string of the molecule is CC1=C2C3OC2(CC2CCCC(C)C23C)OC1=O. The quantitative estimate of drug-likeness (QED) is 0.618. The first-order chi connectivity index (χ1) is 8.49. The van der Waals surface area contributed by atoms with Crippen molar-refractivity contribution >= 4 is 5.97 Å². The van der Waals surface area contributed by atoms with E-state index in [4.69, 9.17) is 9.47 Å². The van der Waals surface area contributed by atoms with Crippen LogP contribution in [0, 0.1) is 17.3 Å². The Morgan fingerprint density at radius 2 is 2.11 bits per heavy atom. The minimum atomic E-state index is -0.646. The largest absolute Gasteiger partial charge is 0.425 e. The number of carbonyl (C=O) groups is 1. The van der Waals surface area contributed by atoms with Gasteiger partial charge in [-0.2, -0.15) is 0 Å². The van der Waals surface area contributed by atoms with Crippen LogP contribution in [0.2, 0.25) is 0 Å². The highest BCUT2D eigenvalue weighted by molar-refractivity contribution is 5.93. The lowest BCUT2D eigenvalue weighted by atomic mass is 9.50. The van der Waals surface area contributed by atoms with Crippen molar-refractivity contribution in [1.82, 2.24) is 0 Å². The summed E-state index contributed by atoms with van der Waals surface area (Å²) in [6, 6.07) is 0. The molecule has 4 aliphatic rings. The molecule has 0 aromatic rings. The Bertz CT molecular complexity index is 480. The molecule has 3 heteroatoms. The molecule has 0 N–H and O–H groups in total. The summed E-state index contributed by atoms with van der Waals surface area (Å²) < 4.78 is 11.6. The van der Waals surface area contributed by atoms with E-state index in [1.807, 2.05) is 6.92 Å². The Labute approximate surface area is 108 Å². The first-order valence-electron chi connectivity index (χ1n) is 7.11. The third-order valence-electron chi connectivity index (χ3n) is 6.16. The topological polar surface area (TPSA) is 35.5 Å². The van der Waals surface area contributed by atoms with Crippen molar-refractivity contribution in [2.24, 2.45) is 17.3 Å². The molecule has 5 atom stereocenters. The molecule has 98 valence electrons. The number of carbonyl (C=O) groups excluding carboxylic acids is 1. The van der Waals surface area contributed by atoms with Crippen LogP contribution in [0.5, 0.6) is 0 Å². The molecular weight excluding hydrogens is 228 g/mol. The van der Waals surface area contributed by atoms with E-state index in [1.165, 1.54) is 24.8 Å². The lowest BCUT2D eigenvalue weighted by Gasteiger charge is -2.65. The van der Waals surface area contributed by atoms with E-state index in [0.29, 0.717) is 11.8 Å². The maximum Gasteiger partial charge on any atom is 0.336 e. The first-order valence-corrected chi connectivity index (χ1v) is 7.11. The summed E-state index contributed by atoms with van der Waals surface area (Å²) in [7, 11) is 0. The molecule has 0 aromatic heterocycles. The maximum atomic E-state index is 11.8. The van der Waals surface area contributed by atoms with E-state index in [1.54, 1.807) is 0 Å². The summed E-state index contributed by atoms with van der Waals surface area (Å²) in [5.41, 5.74) is 2.17. The van der Waals surface area contributed by atoms with Gasteiger partial charge in [-0.25, -0.2) is 4.79 Å². The number of fused-ring (bicyclic) bond motifs is 4. The highest BCUT2D eigenvalue weighted by Gasteiger charge is 2.72. The molecule has 3 fully saturated rings. The maximum absolute atomic E-state index is 11.8. The zero-order chi connectivity index (χ0) is 12.7. The minimum absolute atomic E-state index is 0.123. The van der Waals surface area contributed by atoms with Gasteiger partial charge in [-0.1, -0.05) is 26.7 Å². The second kappa shape index (κ2) is 3.01. The molecular formula is C15H20O3. The molecule has 1 spiro atoms. The standard InChI is InChI=1S/C15H20O3/c1-8-5-4-6-10-7-15-11(9(2)13(16)18-15)12(17-15)14(8,10)3/h8,10,12H,4-7H2,1-3H3. The monoisotopic (exact) mass is 248 g/mol. The molecule has 2 saturated heterocycles. The smallest absolute Gasteiger partial charge is 0.336 e. The van der Waals surface area contributed by atoms with Crippen molar-refractivity contribution in [1.29, 1.82) is 0 Å². The van der Waals surface area contributed by atoms with Crippen molar-refractivity contribution in [2.75, 3.05) is 0 Å². The normalized spacial score (nSPS) is 53.5. The van der Waals surface area contributed by atoms with E-state index >= 15 is 0 Å². The van der Waals surface area contributed by atoms with Gasteiger partial charge in [0.05, 0.1) is 6.10 Å². The van der Waals surface area contributed by atoms with Gasteiger partial charge in [0.2, 0.25) is 5.79 Å². The van der Waals surface area contributed by atoms with Gasteiger partial charge in [-0.05, 0) is 25.2 Å². The molecule has 3 heterocycles. The first kappa shape index (κ1) is 11.0. The van der Waals surface area contributed by atoms with Crippen LogP contribution in [0.15, 0.2) is 11.1 Å². The fourth-order valence-electron chi connectivity index (χ4n) is 4.80. The van der Waals surface area contributed by atoms with Crippen LogP contribution in [0.25, 0.3) is 0 Å². The Balaban J connectivity index is 1.83. The molecule has 2 bridgehead atoms. The molecule has 0 radical (unpaired) electrons. The van der Waals surface area contributed by atoms with Gasteiger partial charge in [-0.15, -0.1) is 0 Å². The van der Waals surface area contributed by atoms with Crippen LogP contribution in [-0.4, -0.2) is 17.9 Å². The van der Waals surface area contributed by atoms with Crippen LogP contribution < -0.4 is 0 Å². The number of hydrogen-bond donors (Lipinski definition) is 0. The summed E-state index contributed by atoms with van der Waals surface area (Å²) in [6.45, 7) is 6.60. The fourth-order valence-corrected chi connectivity index (χ4v) is 4.80. The van der Waals surface area contributed by atoms with E-state index in [2.05, 4.69) is 13.8 Å². The summed E-state index contributed by atoms with van der Waals surface area (Å²) in [5.74, 6) is 0.493. The second-order valence-corrected chi connectivity index (χ2v) is 6.78. The Morgan fingerprint density at radius 1 is 1.33 bits per heavy atom. The molecule has 18 heavy (non-hydrogen) atoms. The van der Waals surface area contributed by atoms with Crippen LogP contribution >= 0.6 is 0 Å². The molecule has 0 aromatic carbocycles. The third-order valence-corrected chi connectivity index (χ3v) is 6.16. The number of rotatable bonds is 0. The number of hydrogen-bond acceptors (Lipinski definition) is 3.